The zero-order chi connectivity index (χ0) is 20.8. The molecular weight excluding hydrogens is 377 g/mol. The summed E-state index contributed by atoms with van der Waals surface area (Å²) in [5, 5.41) is 2.77. The summed E-state index contributed by atoms with van der Waals surface area (Å²) in [4.78, 5) is 40.0. The Morgan fingerprint density at radius 1 is 1.10 bits per heavy atom. The van der Waals surface area contributed by atoms with Gasteiger partial charge in [-0.05, 0) is 43.2 Å². The first-order chi connectivity index (χ1) is 13.9. The standard InChI is InChI=1S/C21H20FN3O4/c1-13-18(20(27)25-21(28)23-13)8-9-19(26)24-16-6-2-4-14(10-16)12-29-17-7-3-5-15(22)11-17/h2-7,10-11H,8-9,12H2,1H3,(H,24,26)(H2,23,25,27,28). The molecular formula is C21H20FN3O4. The molecule has 0 aliphatic heterocycles. The number of hydrogen-bond acceptors (Lipinski definition) is 4. The van der Waals surface area contributed by atoms with Crippen LogP contribution in [0.15, 0.2) is 58.1 Å². The number of benzene rings is 2. The lowest BCUT2D eigenvalue weighted by Crippen LogP contribution is -2.27. The van der Waals surface area contributed by atoms with Crippen LogP contribution in [-0.4, -0.2) is 15.9 Å². The zero-order valence-corrected chi connectivity index (χ0v) is 15.8. The number of nitrogens with one attached hydrogen (secondary N) is 3. The minimum Gasteiger partial charge on any atom is -0.489 e. The third kappa shape index (κ3) is 5.65. The van der Waals surface area contributed by atoms with Gasteiger partial charge in [0, 0.05) is 29.4 Å². The third-order valence-corrected chi connectivity index (χ3v) is 4.27. The largest absolute Gasteiger partial charge is 0.489 e. The number of carbonyl (C=O) groups excluding carboxylic acids is 1. The van der Waals surface area contributed by atoms with Gasteiger partial charge in [-0.1, -0.05) is 18.2 Å². The van der Waals surface area contributed by atoms with E-state index in [1.807, 2.05) is 6.07 Å². The van der Waals surface area contributed by atoms with Crippen molar-refractivity contribution in [2.75, 3.05) is 5.32 Å². The van der Waals surface area contributed by atoms with Crippen LogP contribution >= 0.6 is 0 Å². The van der Waals surface area contributed by atoms with Crippen molar-refractivity contribution in [1.29, 1.82) is 0 Å². The van der Waals surface area contributed by atoms with E-state index in [4.69, 9.17) is 4.74 Å². The van der Waals surface area contributed by atoms with Gasteiger partial charge in [-0.2, -0.15) is 0 Å². The van der Waals surface area contributed by atoms with E-state index < -0.39 is 11.2 Å². The number of ether oxygens (including phenoxy) is 1. The van der Waals surface area contributed by atoms with Gasteiger partial charge in [0.2, 0.25) is 5.91 Å². The summed E-state index contributed by atoms with van der Waals surface area (Å²) in [6.07, 6.45) is 0.284. The molecule has 0 aliphatic rings. The summed E-state index contributed by atoms with van der Waals surface area (Å²) in [6.45, 7) is 1.84. The van der Waals surface area contributed by atoms with E-state index in [0.29, 0.717) is 22.7 Å². The number of amides is 1. The predicted octanol–water partition coefficient (Wildman–Crippen LogP) is 2.66. The second kappa shape index (κ2) is 9.01. The molecule has 1 heterocycles. The number of rotatable bonds is 7. The van der Waals surface area contributed by atoms with Crippen molar-refractivity contribution in [2.45, 2.75) is 26.4 Å². The monoisotopic (exact) mass is 397 g/mol. The van der Waals surface area contributed by atoms with Gasteiger partial charge in [0.1, 0.15) is 18.2 Å². The Kier molecular flexibility index (Phi) is 6.23. The molecule has 1 aromatic heterocycles. The molecule has 0 saturated heterocycles. The first-order valence-electron chi connectivity index (χ1n) is 9.00. The van der Waals surface area contributed by atoms with E-state index in [9.17, 15) is 18.8 Å². The highest BCUT2D eigenvalue weighted by Gasteiger charge is 2.10. The first-order valence-corrected chi connectivity index (χ1v) is 9.00. The SMILES string of the molecule is Cc1[nH]c(=O)[nH]c(=O)c1CCC(=O)Nc1cccc(COc2cccc(F)c2)c1. The van der Waals surface area contributed by atoms with Crippen LogP contribution in [0.1, 0.15) is 23.2 Å². The van der Waals surface area contributed by atoms with Crippen LogP contribution in [0, 0.1) is 12.7 Å². The summed E-state index contributed by atoms with van der Waals surface area (Å²) >= 11 is 0. The summed E-state index contributed by atoms with van der Waals surface area (Å²) in [5.41, 5.74) is 1.15. The van der Waals surface area contributed by atoms with E-state index in [0.717, 1.165) is 5.56 Å². The maximum Gasteiger partial charge on any atom is 0.325 e. The Labute approximate surface area is 165 Å². The van der Waals surface area contributed by atoms with E-state index in [1.165, 1.54) is 12.1 Å². The molecule has 29 heavy (non-hydrogen) atoms. The van der Waals surface area contributed by atoms with Crippen molar-refractivity contribution in [3.05, 3.63) is 92.0 Å². The van der Waals surface area contributed by atoms with Crippen molar-refractivity contribution < 1.29 is 13.9 Å². The Balaban J connectivity index is 1.57. The summed E-state index contributed by atoms with van der Waals surface area (Å²) < 4.78 is 18.8. The fourth-order valence-corrected chi connectivity index (χ4v) is 2.85. The molecule has 150 valence electrons. The van der Waals surface area contributed by atoms with E-state index in [-0.39, 0.29) is 31.2 Å². The summed E-state index contributed by atoms with van der Waals surface area (Å²) in [7, 11) is 0. The average Bonchev–Trinajstić information content (AvgIpc) is 2.66. The number of hydrogen-bond donors (Lipinski definition) is 3. The third-order valence-electron chi connectivity index (χ3n) is 4.27. The fourth-order valence-electron chi connectivity index (χ4n) is 2.85. The van der Waals surface area contributed by atoms with E-state index in [1.54, 1.807) is 37.3 Å². The minimum absolute atomic E-state index is 0.0833. The van der Waals surface area contributed by atoms with Crippen molar-refractivity contribution in [3.8, 4) is 5.75 Å². The van der Waals surface area contributed by atoms with Crippen molar-refractivity contribution >= 4 is 11.6 Å². The van der Waals surface area contributed by atoms with Crippen LogP contribution in [-0.2, 0) is 17.8 Å². The normalized spacial score (nSPS) is 10.6. The molecule has 0 atom stereocenters. The Bertz CT molecular complexity index is 1140. The number of halogens is 1. The molecule has 1 amide bonds. The maximum absolute atomic E-state index is 13.2. The molecule has 0 radical (unpaired) electrons. The van der Waals surface area contributed by atoms with Crippen LogP contribution in [0.4, 0.5) is 10.1 Å². The zero-order valence-electron chi connectivity index (χ0n) is 15.8. The molecule has 0 aliphatic carbocycles. The molecule has 2 aromatic carbocycles. The Morgan fingerprint density at radius 2 is 1.90 bits per heavy atom. The lowest BCUT2D eigenvalue weighted by Gasteiger charge is -2.09. The van der Waals surface area contributed by atoms with Gasteiger partial charge in [0.25, 0.3) is 5.56 Å². The number of aryl methyl sites for hydroxylation is 1. The van der Waals surface area contributed by atoms with Gasteiger partial charge in [-0.25, -0.2) is 9.18 Å². The second-order valence-electron chi connectivity index (χ2n) is 6.51. The van der Waals surface area contributed by atoms with Gasteiger partial charge in [-0.3, -0.25) is 14.6 Å². The smallest absolute Gasteiger partial charge is 0.325 e. The van der Waals surface area contributed by atoms with Crippen LogP contribution in [0.2, 0.25) is 0 Å². The Hall–Kier alpha value is -3.68. The van der Waals surface area contributed by atoms with Crippen molar-refractivity contribution in [1.82, 2.24) is 9.97 Å². The lowest BCUT2D eigenvalue weighted by atomic mass is 10.1. The predicted molar refractivity (Wildman–Crippen MR) is 107 cm³/mol. The summed E-state index contributed by atoms with van der Waals surface area (Å²) in [5.74, 6) is -0.223. The van der Waals surface area contributed by atoms with E-state index in [2.05, 4.69) is 15.3 Å². The van der Waals surface area contributed by atoms with E-state index >= 15 is 0 Å². The van der Waals surface area contributed by atoms with Crippen LogP contribution in [0.5, 0.6) is 5.75 Å². The number of aromatic amines is 2. The molecule has 0 unspecified atom stereocenters. The minimum atomic E-state index is -0.571. The van der Waals surface area contributed by atoms with Gasteiger partial charge in [0.15, 0.2) is 0 Å². The maximum atomic E-state index is 13.2. The molecule has 3 rings (SSSR count). The molecule has 0 saturated carbocycles. The van der Waals surface area contributed by atoms with Gasteiger partial charge in [0.05, 0.1) is 0 Å². The molecule has 0 fully saturated rings. The number of aromatic nitrogens is 2. The lowest BCUT2D eigenvalue weighted by molar-refractivity contribution is -0.116. The number of anilines is 1. The Morgan fingerprint density at radius 3 is 2.66 bits per heavy atom. The fraction of sp³-hybridized carbons (Fsp3) is 0.190. The van der Waals surface area contributed by atoms with Crippen molar-refractivity contribution in [3.63, 3.8) is 0 Å². The highest BCUT2D eigenvalue weighted by molar-refractivity contribution is 5.90. The first kappa shape index (κ1) is 20.1. The van der Waals surface area contributed by atoms with Crippen LogP contribution < -0.4 is 21.3 Å². The molecule has 0 spiro atoms. The van der Waals surface area contributed by atoms with Crippen LogP contribution in [0.25, 0.3) is 0 Å². The molecule has 3 N–H and O–H groups in total. The van der Waals surface area contributed by atoms with Gasteiger partial charge >= 0.3 is 5.69 Å². The molecule has 3 aromatic rings. The van der Waals surface area contributed by atoms with Gasteiger partial charge in [-0.15, -0.1) is 0 Å². The van der Waals surface area contributed by atoms with Crippen LogP contribution in [0.3, 0.4) is 0 Å². The topological polar surface area (TPSA) is 104 Å². The average molecular weight is 397 g/mol. The number of carbonyl (C=O) groups is 1. The highest BCUT2D eigenvalue weighted by Crippen LogP contribution is 2.16. The second-order valence-corrected chi connectivity index (χ2v) is 6.51. The molecule has 0 bridgehead atoms. The van der Waals surface area contributed by atoms with Gasteiger partial charge < -0.3 is 15.0 Å². The van der Waals surface area contributed by atoms with Crippen molar-refractivity contribution in [2.24, 2.45) is 0 Å². The highest BCUT2D eigenvalue weighted by atomic mass is 19.1. The summed E-state index contributed by atoms with van der Waals surface area (Å²) in [6, 6.07) is 13.0. The number of H-pyrrole nitrogens is 2. The molecule has 8 heteroatoms. The quantitative estimate of drug-likeness (QED) is 0.570. The molecule has 7 nitrogen and oxygen atoms in total.